The first-order chi connectivity index (χ1) is 11.7. The zero-order valence-corrected chi connectivity index (χ0v) is 14.0. The maximum atomic E-state index is 12.1. The van der Waals surface area contributed by atoms with Gasteiger partial charge in [-0.15, -0.1) is 0 Å². The Morgan fingerprint density at radius 1 is 0.917 bits per heavy atom. The number of nitrogens with one attached hydrogen (secondary N) is 1. The third kappa shape index (κ3) is 5.68. The molecule has 0 aliphatic rings. The summed E-state index contributed by atoms with van der Waals surface area (Å²) in [4.78, 5) is 12.1. The summed E-state index contributed by atoms with van der Waals surface area (Å²) < 4.78 is 15.9. The predicted molar refractivity (Wildman–Crippen MR) is 91.5 cm³/mol. The Morgan fingerprint density at radius 3 is 2.00 bits per heavy atom. The van der Waals surface area contributed by atoms with Crippen LogP contribution in [-0.2, 0) is 27.2 Å². The maximum absolute atomic E-state index is 12.1. The molecule has 0 aliphatic heterocycles. The van der Waals surface area contributed by atoms with Crippen molar-refractivity contribution in [3.63, 3.8) is 0 Å². The predicted octanol–water partition coefficient (Wildman–Crippen LogP) is 3.14. The summed E-state index contributed by atoms with van der Waals surface area (Å²) >= 11 is 0. The third-order valence-corrected chi connectivity index (χ3v) is 3.61. The number of methoxy groups -OCH3 is 2. The van der Waals surface area contributed by atoms with Gasteiger partial charge in [0.05, 0.1) is 6.04 Å². The van der Waals surface area contributed by atoms with Crippen molar-refractivity contribution in [1.29, 1.82) is 0 Å². The van der Waals surface area contributed by atoms with Crippen molar-refractivity contribution in [2.24, 2.45) is 0 Å². The number of benzene rings is 2. The molecule has 0 radical (unpaired) electrons. The molecule has 0 fully saturated rings. The van der Waals surface area contributed by atoms with Crippen LogP contribution in [0.25, 0.3) is 0 Å². The van der Waals surface area contributed by atoms with E-state index in [0.717, 1.165) is 11.1 Å². The van der Waals surface area contributed by atoms with E-state index in [1.165, 1.54) is 0 Å². The molecule has 2 rings (SSSR count). The van der Waals surface area contributed by atoms with Gasteiger partial charge in [0.1, 0.15) is 6.61 Å². The van der Waals surface area contributed by atoms with Gasteiger partial charge in [0, 0.05) is 14.2 Å². The van der Waals surface area contributed by atoms with Gasteiger partial charge in [-0.25, -0.2) is 4.79 Å². The Hall–Kier alpha value is -2.37. The molecule has 5 heteroatoms. The van der Waals surface area contributed by atoms with Crippen molar-refractivity contribution in [2.45, 2.75) is 25.4 Å². The quantitative estimate of drug-likeness (QED) is 0.756. The minimum Gasteiger partial charge on any atom is -0.445 e. The first-order valence-electron chi connectivity index (χ1n) is 7.79. The highest BCUT2D eigenvalue weighted by atomic mass is 16.7. The van der Waals surface area contributed by atoms with Crippen LogP contribution < -0.4 is 5.32 Å². The van der Waals surface area contributed by atoms with E-state index in [2.05, 4.69) is 5.32 Å². The molecule has 1 amide bonds. The highest BCUT2D eigenvalue weighted by molar-refractivity contribution is 5.67. The summed E-state index contributed by atoms with van der Waals surface area (Å²) in [6.45, 7) is 0.218. The van der Waals surface area contributed by atoms with Gasteiger partial charge in [0.2, 0.25) is 0 Å². The van der Waals surface area contributed by atoms with Crippen LogP contribution in [-0.4, -0.2) is 32.6 Å². The fourth-order valence-corrected chi connectivity index (χ4v) is 2.42. The van der Waals surface area contributed by atoms with Crippen LogP contribution in [0, 0.1) is 0 Å². The second-order valence-corrected chi connectivity index (χ2v) is 5.34. The Morgan fingerprint density at radius 2 is 1.46 bits per heavy atom. The molecule has 24 heavy (non-hydrogen) atoms. The molecule has 1 N–H and O–H groups in total. The van der Waals surface area contributed by atoms with Crippen molar-refractivity contribution in [1.82, 2.24) is 5.32 Å². The van der Waals surface area contributed by atoms with Gasteiger partial charge in [-0.1, -0.05) is 60.7 Å². The lowest BCUT2D eigenvalue weighted by atomic mass is 10.1. The topological polar surface area (TPSA) is 56.8 Å². The molecule has 2 aromatic rings. The largest absolute Gasteiger partial charge is 0.445 e. The highest BCUT2D eigenvalue weighted by Gasteiger charge is 2.24. The van der Waals surface area contributed by atoms with Crippen molar-refractivity contribution >= 4 is 6.09 Å². The average molecular weight is 329 g/mol. The van der Waals surface area contributed by atoms with E-state index in [1.807, 2.05) is 60.7 Å². The molecule has 5 nitrogen and oxygen atoms in total. The van der Waals surface area contributed by atoms with E-state index in [9.17, 15) is 4.79 Å². The van der Waals surface area contributed by atoms with Gasteiger partial charge >= 0.3 is 6.09 Å². The smallest absolute Gasteiger partial charge is 0.407 e. The SMILES string of the molecule is COC(OC)[C@H](Cc1ccccc1)NC(=O)OCc1ccccc1. The molecular weight excluding hydrogens is 306 g/mol. The van der Waals surface area contributed by atoms with Crippen LogP contribution in [0.4, 0.5) is 4.79 Å². The number of amides is 1. The fraction of sp³-hybridized carbons (Fsp3) is 0.316. The molecular formula is C19H23NO4. The summed E-state index contributed by atoms with van der Waals surface area (Å²) in [5.74, 6) is 0. The lowest BCUT2D eigenvalue weighted by Crippen LogP contribution is -2.46. The van der Waals surface area contributed by atoms with E-state index in [4.69, 9.17) is 14.2 Å². The van der Waals surface area contributed by atoms with Crippen LogP contribution in [0.15, 0.2) is 60.7 Å². The summed E-state index contributed by atoms with van der Waals surface area (Å²) in [6.07, 6.45) is -0.485. The first-order valence-corrected chi connectivity index (χ1v) is 7.79. The van der Waals surface area contributed by atoms with Crippen LogP contribution in [0.3, 0.4) is 0 Å². The van der Waals surface area contributed by atoms with Crippen molar-refractivity contribution in [3.8, 4) is 0 Å². The second-order valence-electron chi connectivity index (χ2n) is 5.34. The van der Waals surface area contributed by atoms with Gasteiger partial charge in [-0.2, -0.15) is 0 Å². The van der Waals surface area contributed by atoms with Gasteiger partial charge < -0.3 is 19.5 Å². The molecule has 0 spiro atoms. The number of hydrogen-bond donors (Lipinski definition) is 1. The molecule has 0 aromatic heterocycles. The van der Waals surface area contributed by atoms with Crippen LogP contribution in [0.2, 0.25) is 0 Å². The Labute approximate surface area is 142 Å². The standard InChI is InChI=1S/C19H23NO4/c1-22-18(23-2)17(13-15-9-5-3-6-10-15)20-19(21)24-14-16-11-7-4-8-12-16/h3-12,17-18H,13-14H2,1-2H3,(H,20,21)/t17-/m0/s1. The molecule has 0 heterocycles. The van der Waals surface area contributed by atoms with E-state index >= 15 is 0 Å². The maximum Gasteiger partial charge on any atom is 0.407 e. The van der Waals surface area contributed by atoms with Gasteiger partial charge in [-0.3, -0.25) is 0 Å². The number of alkyl carbamates (subject to hydrolysis) is 1. The summed E-state index contributed by atoms with van der Waals surface area (Å²) in [5, 5.41) is 2.83. The molecule has 0 bridgehead atoms. The minimum absolute atomic E-state index is 0.218. The van der Waals surface area contributed by atoms with Crippen LogP contribution in [0.1, 0.15) is 11.1 Å². The fourth-order valence-electron chi connectivity index (χ4n) is 2.42. The molecule has 2 aromatic carbocycles. The van der Waals surface area contributed by atoms with Crippen molar-refractivity contribution < 1.29 is 19.0 Å². The van der Waals surface area contributed by atoms with E-state index in [-0.39, 0.29) is 12.6 Å². The average Bonchev–Trinajstić information content (AvgIpc) is 2.63. The summed E-state index contributed by atoms with van der Waals surface area (Å²) in [5.41, 5.74) is 2.01. The van der Waals surface area contributed by atoms with E-state index in [0.29, 0.717) is 6.42 Å². The second kappa shape index (κ2) is 9.70. The number of ether oxygens (including phenoxy) is 3. The number of rotatable bonds is 8. The molecule has 0 aliphatic carbocycles. The number of carbonyl (C=O) groups excluding carboxylic acids is 1. The van der Waals surface area contributed by atoms with E-state index < -0.39 is 12.4 Å². The lowest BCUT2D eigenvalue weighted by molar-refractivity contribution is -0.121. The summed E-state index contributed by atoms with van der Waals surface area (Å²) in [6, 6.07) is 19.0. The monoisotopic (exact) mass is 329 g/mol. The minimum atomic E-state index is -0.561. The first kappa shape index (κ1) is 18.0. The molecule has 1 atom stereocenters. The Bertz CT molecular complexity index is 599. The summed E-state index contributed by atoms with van der Waals surface area (Å²) in [7, 11) is 3.09. The normalized spacial score (nSPS) is 12.0. The van der Waals surface area contributed by atoms with Crippen LogP contribution in [0.5, 0.6) is 0 Å². The lowest BCUT2D eigenvalue weighted by Gasteiger charge is -2.25. The highest BCUT2D eigenvalue weighted by Crippen LogP contribution is 2.10. The van der Waals surface area contributed by atoms with Gasteiger partial charge in [-0.05, 0) is 17.5 Å². The van der Waals surface area contributed by atoms with Crippen molar-refractivity contribution in [2.75, 3.05) is 14.2 Å². The van der Waals surface area contributed by atoms with Crippen molar-refractivity contribution in [3.05, 3.63) is 71.8 Å². The third-order valence-electron chi connectivity index (χ3n) is 3.61. The molecule has 0 unspecified atom stereocenters. The Kier molecular flexibility index (Phi) is 7.26. The van der Waals surface area contributed by atoms with Gasteiger partial charge in [0.25, 0.3) is 0 Å². The zero-order chi connectivity index (χ0) is 17.2. The van der Waals surface area contributed by atoms with Crippen LogP contribution >= 0.6 is 0 Å². The van der Waals surface area contributed by atoms with Gasteiger partial charge in [0.15, 0.2) is 6.29 Å². The molecule has 0 saturated carbocycles. The Balaban J connectivity index is 1.95. The molecule has 128 valence electrons. The van der Waals surface area contributed by atoms with E-state index in [1.54, 1.807) is 14.2 Å². The number of carbonyl (C=O) groups is 1. The zero-order valence-electron chi connectivity index (χ0n) is 14.0. The molecule has 0 saturated heterocycles. The number of hydrogen-bond acceptors (Lipinski definition) is 4.